The Hall–Kier alpha value is -11.3. The lowest BCUT2D eigenvalue weighted by Gasteiger charge is -2.49. The van der Waals surface area contributed by atoms with E-state index in [4.69, 9.17) is 34.2 Å². The number of methoxy groups -OCH3 is 6. The first-order chi connectivity index (χ1) is 52.4. The summed E-state index contributed by atoms with van der Waals surface area (Å²) >= 11 is 1.90. The fraction of sp³-hybridized carbons (Fsp3) is 0.500. The Morgan fingerprint density at radius 3 is 1.23 bits per heavy atom. The second-order valence-electron chi connectivity index (χ2n) is 29.9. The predicted octanol–water partition coefficient (Wildman–Crippen LogP) is -0.862. The number of pyridine rings is 6. The number of fused-ring (bicyclic) bond motifs is 2. The molecule has 16 rings (SSSR count). The number of carbonyl (C=O) groups is 6. The van der Waals surface area contributed by atoms with Crippen LogP contribution >= 0.6 is 22.6 Å². The standard InChI is InChI=1S/C13H16IN3O4.C13H17N3O4.C13H17N3O3.C12H15N3O4.C11H15N3O3.C10H13N3O3/c1-13(2)15(3)12(20)9-11(21-4)10(19)7(14)8-6(18)5-16(13)17(8)9;1-13(2)14(3)12(19)10-11(20-4)8(17)5-7-9(18)6-15(13)16(7)10;1-7-6-15-13(2,3)14-12(18)10-11(19-4)9(17)5-8(7)16(10)15;1-12(2)13-11(18)9-10(19-3)7(16)4-6-8(17)5-14(12)15(6)9;1-6-5-13-14-7(6)4-8(15)10(17-3)9(14)11(16)12-2;1-5-4-12-13-6(5)3-7(14)9(16-2)8(13)10(11)15/h6,18H,5H2,1-4H3;5,9,18H,6H2,1-4H3;5,7H,6H2,1-4H3,(H,14,18);4,8,17H,5H2,1-3H3,(H,13,18);4,6,13H,5H2,1-3H3,(H,12,16);3,5,12H,4H2,1-2H3,(H2,11,15). The molecule has 0 fully saturated rings. The van der Waals surface area contributed by atoms with Gasteiger partial charge in [0.1, 0.15) is 41.0 Å². The third-order valence-electron chi connectivity index (χ3n) is 21.7. The zero-order valence-electron chi connectivity index (χ0n) is 65.6. The minimum absolute atomic E-state index is 0.00384. The predicted molar refractivity (Wildman–Crippen MR) is 415 cm³/mol. The molecule has 112 heavy (non-hydrogen) atoms. The van der Waals surface area contributed by atoms with Crippen molar-refractivity contribution in [1.29, 1.82) is 0 Å². The molecule has 16 heterocycles. The maximum Gasteiger partial charge on any atom is 0.278 e. The van der Waals surface area contributed by atoms with Crippen molar-refractivity contribution in [2.75, 3.05) is 134 Å². The van der Waals surface area contributed by atoms with Gasteiger partial charge in [-0.25, -0.2) is 14.0 Å². The topological polar surface area (TPSA) is 456 Å². The van der Waals surface area contributed by atoms with E-state index in [1.165, 1.54) is 78.6 Å². The number of nitrogens with zero attached hydrogens (tertiary/aromatic N) is 12. The number of aliphatic hydroxyl groups excluding tert-OH is 3. The molecule has 39 nitrogen and oxygen atoms in total. The van der Waals surface area contributed by atoms with E-state index in [1.807, 2.05) is 118 Å². The highest BCUT2D eigenvalue weighted by Gasteiger charge is 2.53. The van der Waals surface area contributed by atoms with Crippen LogP contribution in [-0.2, 0) is 0 Å². The summed E-state index contributed by atoms with van der Waals surface area (Å²) in [5, 5.41) is 46.4. The van der Waals surface area contributed by atoms with E-state index in [2.05, 4.69) is 31.8 Å². The smallest absolute Gasteiger partial charge is 0.278 e. The van der Waals surface area contributed by atoms with Crippen LogP contribution in [-0.4, -0.2) is 214 Å². The Balaban J connectivity index is 0.000000133. The molecular weight excluding hydrogens is 1580 g/mol. The molecule has 40 heteroatoms. The van der Waals surface area contributed by atoms with Crippen LogP contribution in [0, 0.1) is 3.57 Å². The molecule has 6 unspecified atom stereocenters. The van der Waals surface area contributed by atoms with Crippen LogP contribution in [0.2, 0.25) is 0 Å². The van der Waals surface area contributed by atoms with E-state index in [9.17, 15) is 72.9 Å². The van der Waals surface area contributed by atoms with Crippen LogP contribution in [0.1, 0.15) is 209 Å². The van der Waals surface area contributed by atoms with Gasteiger partial charge in [0, 0.05) is 106 Å². The van der Waals surface area contributed by atoms with E-state index in [-0.39, 0.29) is 132 Å². The van der Waals surface area contributed by atoms with Crippen LogP contribution in [0.25, 0.3) is 0 Å². The normalized spacial score (nSPS) is 21.3. The largest absolute Gasteiger partial charge is 0.491 e. The summed E-state index contributed by atoms with van der Waals surface area (Å²) in [7, 11) is 13.1. The van der Waals surface area contributed by atoms with Gasteiger partial charge in [-0.2, -0.15) is 0 Å². The van der Waals surface area contributed by atoms with E-state index in [0.29, 0.717) is 59.1 Å². The quantitative estimate of drug-likeness (QED) is 0.0837. The average Bonchev–Trinajstić information content (AvgIpc) is 1.50. The van der Waals surface area contributed by atoms with E-state index in [0.717, 1.165) is 23.6 Å². The van der Waals surface area contributed by atoms with Crippen molar-refractivity contribution >= 4 is 58.0 Å². The van der Waals surface area contributed by atoms with Crippen LogP contribution in [0.15, 0.2) is 59.1 Å². The van der Waals surface area contributed by atoms with Crippen LogP contribution in [0.5, 0.6) is 34.5 Å². The van der Waals surface area contributed by atoms with Gasteiger partial charge in [-0.1, -0.05) is 20.8 Å². The molecule has 0 saturated carbocycles. The second kappa shape index (κ2) is 29.4. The zero-order valence-corrected chi connectivity index (χ0v) is 67.8. The molecule has 0 radical (unpaired) electrons. The van der Waals surface area contributed by atoms with Gasteiger partial charge in [-0.15, -0.1) is 0 Å². The summed E-state index contributed by atoms with van der Waals surface area (Å²) < 4.78 is 40.7. The van der Waals surface area contributed by atoms with Crippen molar-refractivity contribution in [3.05, 3.63) is 164 Å². The highest BCUT2D eigenvalue weighted by atomic mass is 127. The minimum Gasteiger partial charge on any atom is -0.491 e. The SMILES string of the molecule is CNC(=O)c1c(OC)c(=O)cc2n1NCC2C.COc1c(C(N)=O)n2c(cc1=O)C(C)CN2.COc1c2n3c(c(I)c1=O)C(O)CN3C(C)(C)N(C)C2=O.COc1c2n3c(cc1=O)C(C)CN3C(C)(C)NC2=O.COc1c2n3c(cc1=O)C(O)CN3C(C)(C)N(C)C2=O.COc1c2n3c(cc1=O)C(O)CN3C(C)(C)NC2=O. The van der Waals surface area contributed by atoms with Gasteiger partial charge in [-0.05, 0) is 78.0 Å². The number of nitrogens with two attached hydrogens (primary N) is 1. The number of amides is 6. The molecule has 6 aromatic rings. The number of ether oxygens (including phenoxy) is 6. The lowest BCUT2D eigenvalue weighted by Crippen LogP contribution is -2.65. The summed E-state index contributed by atoms with van der Waals surface area (Å²) in [6, 6.07) is 7.21. The number of primary amides is 1. The van der Waals surface area contributed by atoms with Crippen molar-refractivity contribution in [3.63, 3.8) is 0 Å². The molecule has 6 atom stereocenters. The Bertz CT molecular complexity index is 5240. The zero-order chi connectivity index (χ0) is 82.8. The maximum absolute atomic E-state index is 12.7. The number of aliphatic hydroxyl groups is 3. The van der Waals surface area contributed by atoms with Crippen LogP contribution < -0.4 is 114 Å². The third-order valence-corrected chi connectivity index (χ3v) is 22.7. The Labute approximate surface area is 653 Å². The van der Waals surface area contributed by atoms with Gasteiger partial charge >= 0.3 is 0 Å². The third kappa shape index (κ3) is 12.9. The molecule has 0 saturated heterocycles. The van der Waals surface area contributed by atoms with Gasteiger partial charge in [0.15, 0.2) is 68.7 Å². The average molecular weight is 1670 g/mol. The minimum atomic E-state index is -0.812. The number of hydrogen-bond acceptors (Lipinski definition) is 27. The Morgan fingerprint density at radius 2 is 0.804 bits per heavy atom. The number of aromatic nitrogens is 6. The molecule has 0 aromatic carbocycles. The maximum atomic E-state index is 12.7. The number of nitrogens with one attached hydrogen (secondary N) is 5. The van der Waals surface area contributed by atoms with Crippen molar-refractivity contribution in [3.8, 4) is 34.5 Å². The van der Waals surface area contributed by atoms with Gasteiger partial charge in [0.2, 0.25) is 32.6 Å². The fourth-order valence-corrected chi connectivity index (χ4v) is 16.2. The van der Waals surface area contributed by atoms with Gasteiger partial charge in [-0.3, -0.25) is 91.6 Å². The molecule has 0 bridgehead atoms. The Morgan fingerprint density at radius 1 is 0.464 bits per heavy atom. The molecule has 6 aromatic heterocycles. The van der Waals surface area contributed by atoms with Crippen LogP contribution in [0.4, 0.5) is 0 Å². The second-order valence-corrected chi connectivity index (χ2v) is 31.0. The number of carbonyl (C=O) groups excluding carboxylic acids is 6. The molecule has 0 spiro atoms. The van der Waals surface area contributed by atoms with E-state index in [1.54, 1.807) is 48.7 Å². The van der Waals surface area contributed by atoms with Crippen molar-refractivity contribution in [1.82, 2.24) is 53.8 Å². The summed E-state index contributed by atoms with van der Waals surface area (Å²) in [5.41, 5.74) is 11.8. The number of hydrogen-bond donors (Lipinski definition) is 9. The summed E-state index contributed by atoms with van der Waals surface area (Å²) in [5.74, 6) is -1.53. The molecular formula is C72H93IN18O21. The Kier molecular flexibility index (Phi) is 21.5. The lowest BCUT2D eigenvalue weighted by molar-refractivity contribution is 0.0468. The number of halogens is 1. The monoisotopic (exact) mass is 1670 g/mol. The number of rotatable bonds is 8. The molecule has 10 aliphatic heterocycles. The van der Waals surface area contributed by atoms with E-state index < -0.39 is 57.7 Å². The van der Waals surface area contributed by atoms with Crippen molar-refractivity contribution < 1.29 is 72.5 Å². The first-order valence-corrected chi connectivity index (χ1v) is 36.6. The summed E-state index contributed by atoms with van der Waals surface area (Å²) in [4.78, 5) is 148. The first-order valence-electron chi connectivity index (χ1n) is 35.5. The lowest BCUT2D eigenvalue weighted by atomic mass is 10.1. The molecule has 10 aliphatic rings. The van der Waals surface area contributed by atoms with Crippen molar-refractivity contribution in [2.45, 2.75) is 135 Å². The molecule has 604 valence electrons. The first kappa shape index (κ1) is 81.7. The van der Waals surface area contributed by atoms with Gasteiger partial charge in [0.25, 0.3) is 35.4 Å². The molecule has 10 N–H and O–H groups in total. The molecule has 6 amide bonds. The summed E-state index contributed by atoms with van der Waals surface area (Å²) in [6.07, 6.45) is -2.41. The van der Waals surface area contributed by atoms with Gasteiger partial charge < -0.3 is 86.1 Å². The fourth-order valence-electron chi connectivity index (χ4n) is 15.3. The van der Waals surface area contributed by atoms with Crippen molar-refractivity contribution in [2.24, 2.45) is 5.73 Å². The van der Waals surface area contributed by atoms with Crippen LogP contribution in [0.3, 0.4) is 0 Å². The highest BCUT2D eigenvalue weighted by Crippen LogP contribution is 2.42. The van der Waals surface area contributed by atoms with Gasteiger partial charge in [0.05, 0.1) is 82.9 Å². The summed E-state index contributed by atoms with van der Waals surface area (Å²) in [6.45, 7) is 24.2. The highest BCUT2D eigenvalue weighted by molar-refractivity contribution is 14.1. The van der Waals surface area contributed by atoms with E-state index >= 15 is 0 Å². The molecule has 0 aliphatic carbocycles.